The summed E-state index contributed by atoms with van der Waals surface area (Å²) in [5.74, 6) is 0.283. The molecule has 0 aliphatic rings. The number of rotatable bonds is 2. The molecule has 0 saturated carbocycles. The van der Waals surface area contributed by atoms with Crippen LogP contribution in [0.2, 0.25) is 0 Å². The molecule has 0 amide bonds. The second kappa shape index (κ2) is 3.48. The van der Waals surface area contributed by atoms with E-state index in [1.165, 1.54) is 0 Å². The SMILES string of the molecule is N#CCc1cccc2nc(CO)oc12. The van der Waals surface area contributed by atoms with Crippen molar-refractivity contribution in [2.45, 2.75) is 13.0 Å². The molecule has 0 bridgehead atoms. The molecule has 0 spiro atoms. The molecule has 1 heterocycles. The number of nitriles is 1. The highest BCUT2D eigenvalue weighted by Gasteiger charge is 2.08. The summed E-state index contributed by atoms with van der Waals surface area (Å²) >= 11 is 0. The van der Waals surface area contributed by atoms with Crippen LogP contribution in [0.25, 0.3) is 11.1 Å². The van der Waals surface area contributed by atoms with Crippen LogP contribution in [0.1, 0.15) is 11.5 Å². The lowest BCUT2D eigenvalue weighted by Gasteiger charge is -1.93. The average Bonchev–Trinajstić information content (AvgIpc) is 2.62. The molecule has 1 N–H and O–H groups in total. The molecule has 2 rings (SSSR count). The van der Waals surface area contributed by atoms with Crippen molar-refractivity contribution in [3.05, 3.63) is 29.7 Å². The molecule has 0 saturated heterocycles. The number of nitrogens with zero attached hydrogens (tertiary/aromatic N) is 2. The maximum Gasteiger partial charge on any atom is 0.221 e. The summed E-state index contributed by atoms with van der Waals surface area (Å²) in [6, 6.07) is 7.48. The largest absolute Gasteiger partial charge is 0.438 e. The van der Waals surface area contributed by atoms with Crippen LogP contribution in [0.4, 0.5) is 0 Å². The van der Waals surface area contributed by atoms with Crippen LogP contribution in [0.5, 0.6) is 0 Å². The second-order valence-electron chi connectivity index (χ2n) is 2.87. The summed E-state index contributed by atoms with van der Waals surface area (Å²) in [5, 5.41) is 17.4. The molecule has 70 valence electrons. The Morgan fingerprint density at radius 3 is 3.07 bits per heavy atom. The van der Waals surface area contributed by atoms with Crippen molar-refractivity contribution in [3.8, 4) is 6.07 Å². The smallest absolute Gasteiger partial charge is 0.221 e. The molecular formula is C10H8N2O2. The lowest BCUT2D eigenvalue weighted by molar-refractivity contribution is 0.244. The highest BCUT2D eigenvalue weighted by molar-refractivity contribution is 5.76. The van der Waals surface area contributed by atoms with Gasteiger partial charge < -0.3 is 9.52 Å². The minimum absolute atomic E-state index is 0.222. The van der Waals surface area contributed by atoms with Crippen LogP contribution in [-0.2, 0) is 13.0 Å². The predicted molar refractivity (Wildman–Crippen MR) is 49.2 cm³/mol. The maximum absolute atomic E-state index is 8.84. The van der Waals surface area contributed by atoms with Gasteiger partial charge in [-0.15, -0.1) is 0 Å². The van der Waals surface area contributed by atoms with Crippen LogP contribution in [0.15, 0.2) is 22.6 Å². The van der Waals surface area contributed by atoms with Crippen LogP contribution in [-0.4, -0.2) is 10.1 Å². The van der Waals surface area contributed by atoms with Gasteiger partial charge in [-0.2, -0.15) is 5.26 Å². The Labute approximate surface area is 80.4 Å². The first-order chi connectivity index (χ1) is 6.85. The standard InChI is InChI=1S/C10H8N2O2/c11-5-4-7-2-1-3-8-10(7)14-9(6-13)12-8/h1-3,13H,4,6H2. The summed E-state index contributed by atoms with van der Waals surface area (Å²) in [6.45, 7) is -0.222. The van der Waals surface area contributed by atoms with Crippen LogP contribution in [0, 0.1) is 11.3 Å². The minimum Gasteiger partial charge on any atom is -0.438 e. The van der Waals surface area contributed by atoms with Crippen molar-refractivity contribution in [2.75, 3.05) is 0 Å². The Morgan fingerprint density at radius 2 is 2.36 bits per heavy atom. The second-order valence-corrected chi connectivity index (χ2v) is 2.87. The van der Waals surface area contributed by atoms with E-state index in [0.29, 0.717) is 11.1 Å². The molecule has 0 aliphatic carbocycles. The van der Waals surface area contributed by atoms with Crippen molar-refractivity contribution in [1.82, 2.24) is 4.98 Å². The van der Waals surface area contributed by atoms with E-state index in [0.717, 1.165) is 5.56 Å². The van der Waals surface area contributed by atoms with Crippen molar-refractivity contribution in [3.63, 3.8) is 0 Å². The molecule has 0 fully saturated rings. The number of para-hydroxylation sites is 1. The molecule has 1 aromatic heterocycles. The van der Waals surface area contributed by atoms with Crippen LogP contribution >= 0.6 is 0 Å². The Morgan fingerprint density at radius 1 is 1.50 bits per heavy atom. The quantitative estimate of drug-likeness (QED) is 0.773. The summed E-state index contributed by atoms with van der Waals surface area (Å²) in [5.41, 5.74) is 2.08. The highest BCUT2D eigenvalue weighted by Crippen LogP contribution is 2.20. The Kier molecular flexibility index (Phi) is 2.17. The molecule has 4 nitrogen and oxygen atoms in total. The van der Waals surface area contributed by atoms with E-state index in [1.54, 1.807) is 6.07 Å². The zero-order valence-corrected chi connectivity index (χ0v) is 7.40. The fourth-order valence-corrected chi connectivity index (χ4v) is 1.34. The van der Waals surface area contributed by atoms with Gasteiger partial charge in [-0.05, 0) is 6.07 Å². The molecule has 0 unspecified atom stereocenters. The van der Waals surface area contributed by atoms with Crippen molar-refractivity contribution in [1.29, 1.82) is 5.26 Å². The van der Waals surface area contributed by atoms with Crippen molar-refractivity contribution >= 4 is 11.1 Å². The van der Waals surface area contributed by atoms with Gasteiger partial charge in [0.15, 0.2) is 5.58 Å². The molecule has 0 atom stereocenters. The first kappa shape index (κ1) is 8.73. The van der Waals surface area contributed by atoms with E-state index < -0.39 is 0 Å². The number of aliphatic hydroxyl groups is 1. The van der Waals surface area contributed by atoms with Gasteiger partial charge in [0.1, 0.15) is 12.1 Å². The number of oxazole rings is 1. The Balaban J connectivity index is 2.62. The van der Waals surface area contributed by atoms with E-state index in [4.69, 9.17) is 14.8 Å². The van der Waals surface area contributed by atoms with Gasteiger partial charge in [-0.1, -0.05) is 12.1 Å². The number of aliphatic hydroxyl groups excluding tert-OH is 1. The van der Waals surface area contributed by atoms with E-state index in [2.05, 4.69) is 11.1 Å². The Bertz CT molecular complexity index is 496. The lowest BCUT2D eigenvalue weighted by Crippen LogP contribution is -1.81. The van der Waals surface area contributed by atoms with E-state index in [9.17, 15) is 0 Å². The normalized spacial score (nSPS) is 10.3. The fraction of sp³-hybridized carbons (Fsp3) is 0.200. The fourth-order valence-electron chi connectivity index (χ4n) is 1.34. The zero-order chi connectivity index (χ0) is 9.97. The van der Waals surface area contributed by atoms with Gasteiger partial charge >= 0.3 is 0 Å². The van der Waals surface area contributed by atoms with E-state index in [1.807, 2.05) is 12.1 Å². The lowest BCUT2D eigenvalue weighted by atomic mass is 10.1. The molecular weight excluding hydrogens is 180 g/mol. The molecule has 0 radical (unpaired) electrons. The van der Waals surface area contributed by atoms with Crippen molar-refractivity contribution < 1.29 is 9.52 Å². The van der Waals surface area contributed by atoms with E-state index in [-0.39, 0.29) is 18.9 Å². The highest BCUT2D eigenvalue weighted by atomic mass is 16.4. The monoisotopic (exact) mass is 188 g/mol. The van der Waals surface area contributed by atoms with E-state index >= 15 is 0 Å². The molecule has 14 heavy (non-hydrogen) atoms. The third kappa shape index (κ3) is 1.34. The van der Waals surface area contributed by atoms with Gasteiger partial charge in [0.2, 0.25) is 5.89 Å². The van der Waals surface area contributed by atoms with Crippen LogP contribution in [0.3, 0.4) is 0 Å². The predicted octanol–water partition coefficient (Wildman–Crippen LogP) is 1.39. The van der Waals surface area contributed by atoms with Gasteiger partial charge in [-0.3, -0.25) is 0 Å². The Hall–Kier alpha value is -1.86. The topological polar surface area (TPSA) is 70.0 Å². The number of benzene rings is 1. The van der Waals surface area contributed by atoms with Gasteiger partial charge in [0.05, 0.1) is 12.5 Å². The molecule has 2 aromatic rings. The summed E-state index contributed by atoms with van der Waals surface area (Å²) in [6.07, 6.45) is 0.289. The maximum atomic E-state index is 8.84. The number of hydrogen-bond acceptors (Lipinski definition) is 4. The number of hydrogen-bond donors (Lipinski definition) is 1. The summed E-state index contributed by atoms with van der Waals surface area (Å²) in [4.78, 5) is 4.05. The number of aromatic nitrogens is 1. The van der Waals surface area contributed by atoms with Gasteiger partial charge in [-0.25, -0.2) is 4.98 Å². The van der Waals surface area contributed by atoms with Crippen molar-refractivity contribution in [2.24, 2.45) is 0 Å². The summed E-state index contributed by atoms with van der Waals surface area (Å²) < 4.78 is 5.29. The first-order valence-electron chi connectivity index (χ1n) is 4.20. The van der Waals surface area contributed by atoms with Crippen LogP contribution < -0.4 is 0 Å². The third-order valence-electron chi connectivity index (χ3n) is 1.95. The third-order valence-corrected chi connectivity index (χ3v) is 1.95. The summed E-state index contributed by atoms with van der Waals surface area (Å²) in [7, 11) is 0. The van der Waals surface area contributed by atoms with Gasteiger partial charge in [0, 0.05) is 5.56 Å². The average molecular weight is 188 g/mol. The zero-order valence-electron chi connectivity index (χ0n) is 7.40. The molecule has 0 aliphatic heterocycles. The minimum atomic E-state index is -0.222. The van der Waals surface area contributed by atoms with Gasteiger partial charge in [0.25, 0.3) is 0 Å². The number of fused-ring (bicyclic) bond motifs is 1. The first-order valence-corrected chi connectivity index (χ1v) is 4.20. The molecule has 4 heteroatoms. The molecule has 1 aromatic carbocycles.